The highest BCUT2D eigenvalue weighted by Gasteiger charge is 2.20. The van der Waals surface area contributed by atoms with Gasteiger partial charge < -0.3 is 20.3 Å². The Kier molecular flexibility index (Phi) is 3.19. The fourth-order valence-electron chi connectivity index (χ4n) is 1.72. The van der Waals surface area contributed by atoms with Gasteiger partial charge in [-0.3, -0.25) is 0 Å². The highest BCUT2D eigenvalue weighted by Crippen LogP contribution is 2.24. The van der Waals surface area contributed by atoms with Crippen LogP contribution in [0.15, 0.2) is 24.5 Å². The molecule has 2 unspecified atom stereocenters. The second-order valence-electron chi connectivity index (χ2n) is 3.67. The first kappa shape index (κ1) is 11.1. The van der Waals surface area contributed by atoms with E-state index < -0.39 is 12.2 Å². The van der Waals surface area contributed by atoms with Gasteiger partial charge >= 0.3 is 0 Å². The molecule has 0 radical (unpaired) electrons. The van der Waals surface area contributed by atoms with Crippen molar-refractivity contribution in [3.05, 3.63) is 30.1 Å². The summed E-state index contributed by atoms with van der Waals surface area (Å²) in [4.78, 5) is 7.03. The maximum absolute atomic E-state index is 9.92. The highest BCUT2D eigenvalue weighted by atomic mass is 16.3. The molecule has 16 heavy (non-hydrogen) atoms. The topological polar surface area (TPSA) is 89.4 Å². The van der Waals surface area contributed by atoms with Crippen LogP contribution in [0.5, 0.6) is 0 Å². The van der Waals surface area contributed by atoms with Gasteiger partial charge in [0.05, 0.1) is 23.5 Å². The first-order valence-electron chi connectivity index (χ1n) is 5.13. The van der Waals surface area contributed by atoms with Crippen LogP contribution in [0.4, 0.5) is 0 Å². The number of nitrogens with zero attached hydrogens (tertiary/aromatic N) is 1. The molecule has 1 heterocycles. The zero-order valence-corrected chi connectivity index (χ0v) is 8.67. The van der Waals surface area contributed by atoms with E-state index in [9.17, 15) is 10.2 Å². The quantitative estimate of drug-likeness (QED) is 0.600. The van der Waals surface area contributed by atoms with Gasteiger partial charge in [-0.2, -0.15) is 0 Å². The number of benzene rings is 1. The van der Waals surface area contributed by atoms with Crippen molar-refractivity contribution in [3.8, 4) is 0 Å². The van der Waals surface area contributed by atoms with E-state index in [0.717, 1.165) is 5.52 Å². The van der Waals surface area contributed by atoms with E-state index >= 15 is 0 Å². The van der Waals surface area contributed by atoms with E-state index in [1.54, 1.807) is 18.5 Å². The molecule has 0 saturated carbocycles. The van der Waals surface area contributed by atoms with Crippen molar-refractivity contribution in [2.75, 3.05) is 6.61 Å². The minimum atomic E-state index is -1.03. The van der Waals surface area contributed by atoms with Crippen molar-refractivity contribution in [2.45, 2.75) is 18.6 Å². The minimum absolute atomic E-state index is 0.141. The molecule has 5 nitrogen and oxygen atoms in total. The minimum Gasteiger partial charge on any atom is -0.396 e. The number of hydrogen-bond donors (Lipinski definition) is 4. The normalized spacial score (nSPS) is 15.2. The average molecular weight is 222 g/mol. The number of aromatic amines is 1. The number of aliphatic hydroxyl groups is 3. The second kappa shape index (κ2) is 4.61. The Morgan fingerprint density at radius 1 is 1.31 bits per heavy atom. The lowest BCUT2D eigenvalue weighted by molar-refractivity contribution is 0.00491. The third-order valence-electron chi connectivity index (χ3n) is 2.59. The van der Waals surface area contributed by atoms with Crippen LogP contribution in [0, 0.1) is 0 Å². The summed E-state index contributed by atoms with van der Waals surface area (Å²) in [5, 5.41) is 28.3. The Bertz CT molecular complexity index is 469. The Morgan fingerprint density at radius 2 is 2.12 bits per heavy atom. The van der Waals surface area contributed by atoms with Crippen LogP contribution < -0.4 is 0 Å². The lowest BCUT2D eigenvalue weighted by atomic mass is 10.0. The summed E-state index contributed by atoms with van der Waals surface area (Å²) < 4.78 is 0. The number of H-pyrrole nitrogens is 1. The first-order valence-corrected chi connectivity index (χ1v) is 5.13. The van der Waals surface area contributed by atoms with Crippen molar-refractivity contribution in [1.29, 1.82) is 0 Å². The molecule has 0 saturated heterocycles. The summed E-state index contributed by atoms with van der Waals surface area (Å²) in [5.41, 5.74) is 2.03. The van der Waals surface area contributed by atoms with Crippen LogP contribution in [0.2, 0.25) is 0 Å². The summed E-state index contributed by atoms with van der Waals surface area (Å²) in [6.07, 6.45) is -0.326. The number of hydrogen-bond acceptors (Lipinski definition) is 4. The number of nitrogens with one attached hydrogen (secondary N) is 1. The monoisotopic (exact) mass is 222 g/mol. The predicted octanol–water partition coefficient (Wildman–Crippen LogP) is 0.340. The molecular weight excluding hydrogens is 208 g/mol. The zero-order chi connectivity index (χ0) is 11.5. The molecule has 0 bridgehead atoms. The van der Waals surface area contributed by atoms with Crippen LogP contribution in [0.25, 0.3) is 11.0 Å². The molecule has 2 rings (SSSR count). The second-order valence-corrected chi connectivity index (χ2v) is 3.67. The molecule has 0 fully saturated rings. The largest absolute Gasteiger partial charge is 0.396 e. The molecule has 2 aromatic rings. The third-order valence-corrected chi connectivity index (χ3v) is 2.59. The van der Waals surface area contributed by atoms with Gasteiger partial charge in [-0.15, -0.1) is 0 Å². The maximum Gasteiger partial charge on any atom is 0.107 e. The number of para-hydroxylation sites is 1. The molecule has 1 aromatic carbocycles. The molecule has 1 aromatic heterocycles. The Morgan fingerprint density at radius 3 is 2.88 bits per heavy atom. The Balaban J connectivity index is 2.35. The lowest BCUT2D eigenvalue weighted by Gasteiger charge is -2.17. The molecular formula is C11H14N2O3. The molecule has 2 atom stereocenters. The van der Waals surface area contributed by atoms with Gasteiger partial charge in [0.15, 0.2) is 0 Å². The van der Waals surface area contributed by atoms with E-state index in [1.165, 1.54) is 0 Å². The van der Waals surface area contributed by atoms with Crippen LogP contribution in [0.1, 0.15) is 18.1 Å². The molecule has 0 aliphatic rings. The van der Waals surface area contributed by atoms with Gasteiger partial charge in [0.2, 0.25) is 0 Å². The van der Waals surface area contributed by atoms with E-state index in [4.69, 9.17) is 5.11 Å². The van der Waals surface area contributed by atoms with Crippen molar-refractivity contribution >= 4 is 11.0 Å². The van der Waals surface area contributed by atoms with Gasteiger partial charge in [-0.1, -0.05) is 12.1 Å². The van der Waals surface area contributed by atoms with Gasteiger partial charge in [0.25, 0.3) is 0 Å². The first-order chi connectivity index (χ1) is 7.74. The fourth-order valence-corrected chi connectivity index (χ4v) is 1.72. The standard InChI is InChI=1S/C11H14N2O3/c14-5-4-9(15)11(16)7-2-1-3-8-10(7)13-6-12-8/h1-3,6,9,11,14-16H,4-5H2,(H,12,13). The molecule has 0 aliphatic heterocycles. The number of rotatable bonds is 4. The SMILES string of the molecule is OCCC(O)C(O)c1cccc2[nH]cnc12. The molecule has 4 N–H and O–H groups in total. The number of fused-ring (bicyclic) bond motifs is 1. The average Bonchev–Trinajstić information content (AvgIpc) is 2.76. The summed E-state index contributed by atoms with van der Waals surface area (Å²) in [7, 11) is 0. The van der Waals surface area contributed by atoms with E-state index in [0.29, 0.717) is 11.1 Å². The van der Waals surface area contributed by atoms with E-state index in [1.807, 2.05) is 6.07 Å². The maximum atomic E-state index is 9.92. The number of imidazole rings is 1. The van der Waals surface area contributed by atoms with Crippen LogP contribution in [0.3, 0.4) is 0 Å². The van der Waals surface area contributed by atoms with Gasteiger partial charge in [-0.25, -0.2) is 4.98 Å². The van der Waals surface area contributed by atoms with Crippen LogP contribution in [-0.4, -0.2) is 38.0 Å². The van der Waals surface area contributed by atoms with Crippen LogP contribution in [-0.2, 0) is 0 Å². The van der Waals surface area contributed by atoms with E-state index in [-0.39, 0.29) is 13.0 Å². The number of aromatic nitrogens is 2. The third kappa shape index (κ3) is 1.92. The molecule has 0 aliphatic carbocycles. The van der Waals surface area contributed by atoms with Gasteiger partial charge in [-0.05, 0) is 12.5 Å². The predicted molar refractivity (Wildman–Crippen MR) is 58.8 cm³/mol. The molecule has 86 valence electrons. The fraction of sp³-hybridized carbons (Fsp3) is 0.364. The van der Waals surface area contributed by atoms with Gasteiger partial charge in [0.1, 0.15) is 6.10 Å². The summed E-state index contributed by atoms with van der Waals surface area (Å²) >= 11 is 0. The number of aliphatic hydroxyl groups excluding tert-OH is 3. The van der Waals surface area contributed by atoms with Gasteiger partial charge in [0, 0.05) is 12.2 Å². The molecule has 0 spiro atoms. The highest BCUT2D eigenvalue weighted by molar-refractivity contribution is 5.78. The van der Waals surface area contributed by atoms with Crippen LogP contribution >= 0.6 is 0 Å². The summed E-state index contributed by atoms with van der Waals surface area (Å²) in [5.74, 6) is 0. The molecule has 0 amide bonds. The summed E-state index contributed by atoms with van der Waals surface area (Å²) in [6, 6.07) is 5.34. The van der Waals surface area contributed by atoms with Crippen molar-refractivity contribution in [2.24, 2.45) is 0 Å². The van der Waals surface area contributed by atoms with Crippen molar-refractivity contribution in [3.63, 3.8) is 0 Å². The lowest BCUT2D eigenvalue weighted by Crippen LogP contribution is -2.19. The smallest absolute Gasteiger partial charge is 0.107 e. The molecule has 5 heteroatoms. The summed E-state index contributed by atoms with van der Waals surface area (Å²) in [6.45, 7) is -0.158. The van der Waals surface area contributed by atoms with E-state index in [2.05, 4.69) is 9.97 Å². The van der Waals surface area contributed by atoms with Crippen molar-refractivity contribution in [1.82, 2.24) is 9.97 Å². The van der Waals surface area contributed by atoms with Crippen molar-refractivity contribution < 1.29 is 15.3 Å². The Labute approximate surface area is 92.4 Å². The Hall–Kier alpha value is -1.43. The zero-order valence-electron chi connectivity index (χ0n) is 8.67.